The van der Waals surface area contributed by atoms with Gasteiger partial charge in [-0.05, 0) is 139 Å². The Balaban J connectivity index is 1.54. The van der Waals surface area contributed by atoms with Crippen molar-refractivity contribution < 1.29 is 13.6 Å². The van der Waals surface area contributed by atoms with E-state index in [4.69, 9.17) is 8.85 Å². The Morgan fingerprint density at radius 3 is 2.30 bits per heavy atom. The number of ketones is 1. The van der Waals surface area contributed by atoms with Crippen molar-refractivity contribution >= 4 is 33.8 Å². The lowest BCUT2D eigenvalue weighted by Gasteiger charge is -2.46. The van der Waals surface area contributed by atoms with E-state index >= 15 is 0 Å². The quantitative estimate of drug-likeness (QED) is 0.180. The highest BCUT2D eigenvalue weighted by Gasteiger charge is 2.51. The van der Waals surface area contributed by atoms with E-state index in [9.17, 15) is 4.79 Å². The molecule has 3 aliphatic carbocycles. The predicted octanol–water partition coefficient (Wildman–Crippen LogP) is 12.9. The van der Waals surface area contributed by atoms with E-state index in [-0.39, 0.29) is 22.3 Å². The van der Waals surface area contributed by atoms with Crippen molar-refractivity contribution in [2.24, 2.45) is 23.2 Å². The van der Waals surface area contributed by atoms with Crippen molar-refractivity contribution in [3.05, 3.63) is 57.3 Å². The minimum absolute atomic E-state index is 0.0122. The molecule has 264 valence electrons. The number of hydrogen-bond acceptors (Lipinski definition) is 4. The third kappa shape index (κ3) is 8.64. The van der Waals surface area contributed by atoms with Crippen LogP contribution in [0.2, 0.25) is 36.3 Å². The molecular weight excluding hydrogens is 629 g/mol. The first-order valence-electron chi connectivity index (χ1n) is 18.6. The average Bonchev–Trinajstić information content (AvgIpc) is 3.54. The monoisotopic (exact) mass is 696 g/mol. The summed E-state index contributed by atoms with van der Waals surface area (Å²) in [6.45, 7) is 35.2. The summed E-state index contributed by atoms with van der Waals surface area (Å²) in [5, 5.41) is 2.41. The smallest absolute Gasteiger partial charge is 0.192 e. The molecule has 3 fully saturated rings. The molecule has 1 aromatic rings. The van der Waals surface area contributed by atoms with Crippen molar-refractivity contribution in [3.8, 4) is 0 Å². The third-order valence-electron chi connectivity index (χ3n) is 13.3. The summed E-state index contributed by atoms with van der Waals surface area (Å²) in [6.07, 6.45) is 14.9. The number of carbonyl (C=O) groups excluding carboxylic acids is 1. The van der Waals surface area contributed by atoms with Crippen LogP contribution in [0.25, 0.3) is 0 Å². The highest BCUT2D eigenvalue weighted by atomic mass is 32.1. The van der Waals surface area contributed by atoms with Crippen LogP contribution in [0.5, 0.6) is 0 Å². The van der Waals surface area contributed by atoms with Gasteiger partial charge in [-0.1, -0.05) is 79.7 Å². The number of hydrogen-bond donors (Lipinski definition) is 0. The predicted molar refractivity (Wildman–Crippen MR) is 209 cm³/mol. The van der Waals surface area contributed by atoms with E-state index in [1.54, 1.807) is 16.9 Å². The zero-order valence-corrected chi connectivity index (χ0v) is 35.2. The molecule has 47 heavy (non-hydrogen) atoms. The molecule has 0 amide bonds. The van der Waals surface area contributed by atoms with Gasteiger partial charge in [0.15, 0.2) is 22.4 Å². The molecule has 0 spiro atoms. The van der Waals surface area contributed by atoms with Crippen LogP contribution in [0.3, 0.4) is 0 Å². The maximum Gasteiger partial charge on any atom is 0.192 e. The number of fused-ring (bicyclic) bond motifs is 1. The zero-order valence-electron chi connectivity index (χ0n) is 32.4. The highest BCUT2D eigenvalue weighted by Crippen LogP contribution is 2.60. The maximum absolute atomic E-state index is 12.9. The fraction of sp³-hybridized carbons (Fsp3) is 0.732. The second kappa shape index (κ2) is 14.3. The molecule has 4 rings (SSSR count). The molecule has 0 aliphatic heterocycles. The first-order chi connectivity index (χ1) is 21.6. The molecule has 3 aliphatic rings. The minimum Gasteiger partial charge on any atom is -0.413 e. The van der Waals surface area contributed by atoms with Crippen LogP contribution in [0, 0.1) is 30.1 Å². The molecule has 1 heterocycles. The lowest BCUT2D eigenvalue weighted by atomic mass is 9.60. The van der Waals surface area contributed by atoms with Gasteiger partial charge in [-0.25, -0.2) is 0 Å². The Labute approximate surface area is 295 Å². The minimum atomic E-state index is -1.99. The van der Waals surface area contributed by atoms with Gasteiger partial charge in [-0.15, -0.1) is 11.3 Å². The van der Waals surface area contributed by atoms with E-state index in [1.807, 2.05) is 0 Å². The average molecular weight is 697 g/mol. The van der Waals surface area contributed by atoms with Gasteiger partial charge < -0.3 is 8.85 Å². The number of allylic oxidation sites excluding steroid dienone is 3. The van der Waals surface area contributed by atoms with Gasteiger partial charge in [-0.3, -0.25) is 4.79 Å². The molecule has 0 saturated heterocycles. The Hall–Kier alpha value is -1.06. The van der Waals surface area contributed by atoms with Crippen LogP contribution in [0.4, 0.5) is 0 Å². The van der Waals surface area contributed by atoms with Crippen molar-refractivity contribution in [2.45, 2.75) is 169 Å². The topological polar surface area (TPSA) is 35.5 Å². The molecule has 1 aromatic heterocycles. The van der Waals surface area contributed by atoms with Gasteiger partial charge in [0.05, 0.1) is 17.1 Å². The molecule has 2 unspecified atom stereocenters. The van der Waals surface area contributed by atoms with E-state index < -0.39 is 16.6 Å². The highest BCUT2D eigenvalue weighted by molar-refractivity contribution is 7.12. The summed E-state index contributed by atoms with van der Waals surface area (Å²) in [5.41, 5.74) is 5.64. The van der Waals surface area contributed by atoms with Crippen molar-refractivity contribution in [1.82, 2.24) is 0 Å². The Morgan fingerprint density at radius 1 is 1.06 bits per heavy atom. The molecule has 0 bridgehead atoms. The second-order valence-electron chi connectivity index (χ2n) is 18.8. The molecule has 6 heteroatoms. The summed E-state index contributed by atoms with van der Waals surface area (Å²) in [4.78, 5) is 13.9. The molecule has 0 radical (unpaired) electrons. The van der Waals surface area contributed by atoms with E-state index in [2.05, 4.69) is 119 Å². The Kier molecular flexibility index (Phi) is 11.8. The van der Waals surface area contributed by atoms with E-state index in [0.29, 0.717) is 35.4 Å². The SMILES string of the molecule is C=C1C(=CC=C2CCC[C@]3(C)[C@@H]([C@H](C)CCC(=O)c4cc(C)cs4)CC[C@@H]23)CC(O[Si](C)(C)C(C)(C)C)CC1O[Si](C)(C)C(C)(C)C. The summed E-state index contributed by atoms with van der Waals surface area (Å²) < 4.78 is 14.2. The van der Waals surface area contributed by atoms with E-state index in [1.165, 1.54) is 48.8 Å². The number of aryl methyl sites for hydroxylation is 1. The normalized spacial score (nSPS) is 30.2. The standard InChI is InChI=1S/C41H68O3SSi2/c1-28-24-38(45-27-28)36(42)22-17-29(2)34-20-21-35-31(16-15-23-41(34,35)10)18-19-32-25-33(43-46(11,12)39(4,5)6)26-37(30(32)3)44-47(13,14)40(7,8)9/h18-19,24,27,29,33-35,37H,3,15-17,20-23,25-26H2,1-2,4-14H3/t29-,33?,34-,35+,37?,41-/m1/s1. The van der Waals surface area contributed by atoms with Crippen molar-refractivity contribution in [1.29, 1.82) is 0 Å². The summed E-state index contributed by atoms with van der Waals surface area (Å²) in [6, 6.07) is 2.06. The fourth-order valence-corrected chi connectivity index (χ4v) is 11.8. The largest absolute Gasteiger partial charge is 0.413 e. The van der Waals surface area contributed by atoms with Crippen LogP contribution in [-0.4, -0.2) is 34.6 Å². The number of carbonyl (C=O) groups is 1. The number of Topliss-reactive ketones (excluding diaryl/α,β-unsaturated/α-hetero) is 1. The lowest BCUT2D eigenvalue weighted by Crippen LogP contribution is -2.49. The molecular formula is C41H68O3SSi2. The first-order valence-corrected chi connectivity index (χ1v) is 25.3. The summed E-state index contributed by atoms with van der Waals surface area (Å²) >= 11 is 1.60. The van der Waals surface area contributed by atoms with Gasteiger partial charge in [0, 0.05) is 12.8 Å². The zero-order chi connectivity index (χ0) is 35.2. The molecule has 0 aromatic carbocycles. The van der Waals surface area contributed by atoms with Gasteiger partial charge in [0.2, 0.25) is 0 Å². The molecule has 3 saturated carbocycles. The lowest BCUT2D eigenvalue weighted by molar-refractivity contribution is 0.0857. The summed E-state index contributed by atoms with van der Waals surface area (Å²) in [5.74, 6) is 2.19. The molecule has 3 nitrogen and oxygen atoms in total. The van der Waals surface area contributed by atoms with Gasteiger partial charge in [-0.2, -0.15) is 0 Å². The number of rotatable bonds is 10. The van der Waals surface area contributed by atoms with Crippen LogP contribution in [0.15, 0.2) is 46.9 Å². The molecule has 6 atom stereocenters. The van der Waals surface area contributed by atoms with Gasteiger partial charge in [0.1, 0.15) is 0 Å². The number of thiophene rings is 1. The van der Waals surface area contributed by atoms with Crippen LogP contribution < -0.4 is 0 Å². The van der Waals surface area contributed by atoms with Crippen LogP contribution >= 0.6 is 11.3 Å². The van der Waals surface area contributed by atoms with E-state index in [0.717, 1.165) is 24.1 Å². The van der Waals surface area contributed by atoms with Gasteiger partial charge >= 0.3 is 0 Å². The van der Waals surface area contributed by atoms with Crippen molar-refractivity contribution in [3.63, 3.8) is 0 Å². The second-order valence-corrected chi connectivity index (χ2v) is 29.2. The summed E-state index contributed by atoms with van der Waals surface area (Å²) in [7, 11) is -3.93. The molecule has 0 N–H and O–H groups in total. The first kappa shape index (κ1) is 38.7. The Bertz CT molecular complexity index is 1350. The van der Waals surface area contributed by atoms with Gasteiger partial charge in [0.25, 0.3) is 0 Å². The Morgan fingerprint density at radius 2 is 1.70 bits per heavy atom. The van der Waals surface area contributed by atoms with Crippen LogP contribution in [-0.2, 0) is 8.85 Å². The van der Waals surface area contributed by atoms with Crippen molar-refractivity contribution in [2.75, 3.05) is 0 Å². The van der Waals surface area contributed by atoms with Crippen LogP contribution in [0.1, 0.15) is 128 Å². The fourth-order valence-electron chi connectivity index (χ4n) is 8.24. The third-order valence-corrected chi connectivity index (χ3v) is 23.4. The maximum atomic E-state index is 12.9.